The fraction of sp³-hybridized carbons (Fsp3) is 0.200. The molecule has 3 heteroatoms. The van der Waals surface area contributed by atoms with Crippen LogP contribution in [-0.2, 0) is 0 Å². The van der Waals surface area contributed by atoms with E-state index in [1.165, 1.54) is 17.0 Å². The second kappa shape index (κ2) is 5.55. The SMILES string of the molecule is CSc1ccc(C(N)c2cc(F)ccc2C)cc1. The quantitative estimate of drug-likeness (QED) is 0.848. The van der Waals surface area contributed by atoms with Crippen LogP contribution in [0.1, 0.15) is 22.7 Å². The molecule has 0 aliphatic carbocycles. The Morgan fingerprint density at radius 3 is 2.39 bits per heavy atom. The number of thioether (sulfide) groups is 1. The van der Waals surface area contributed by atoms with Crippen LogP contribution in [0.4, 0.5) is 4.39 Å². The topological polar surface area (TPSA) is 26.0 Å². The Bertz CT molecular complexity index is 537. The molecule has 0 aromatic heterocycles. The van der Waals surface area contributed by atoms with Gasteiger partial charge in [-0.15, -0.1) is 11.8 Å². The fourth-order valence-corrected chi connectivity index (χ4v) is 2.35. The van der Waals surface area contributed by atoms with Crippen LogP contribution in [0.5, 0.6) is 0 Å². The third-order valence-electron chi connectivity index (χ3n) is 3.05. The summed E-state index contributed by atoms with van der Waals surface area (Å²) in [5.41, 5.74) is 9.06. The monoisotopic (exact) mass is 261 g/mol. The maximum Gasteiger partial charge on any atom is 0.123 e. The minimum absolute atomic E-state index is 0.244. The average Bonchev–Trinajstić information content (AvgIpc) is 2.41. The lowest BCUT2D eigenvalue weighted by atomic mass is 9.96. The van der Waals surface area contributed by atoms with Gasteiger partial charge in [-0.2, -0.15) is 0 Å². The third-order valence-corrected chi connectivity index (χ3v) is 3.79. The Morgan fingerprint density at radius 2 is 1.78 bits per heavy atom. The number of benzene rings is 2. The van der Waals surface area contributed by atoms with Crippen molar-refractivity contribution in [3.05, 3.63) is 65.0 Å². The molecule has 0 aliphatic heterocycles. The van der Waals surface area contributed by atoms with Crippen molar-refractivity contribution in [3.8, 4) is 0 Å². The first kappa shape index (κ1) is 13.1. The molecule has 0 bridgehead atoms. The standard InChI is InChI=1S/C15H16FNS/c1-10-3-6-12(16)9-14(10)15(17)11-4-7-13(18-2)8-5-11/h3-9,15H,17H2,1-2H3. The molecular formula is C15H16FNS. The van der Waals surface area contributed by atoms with Crippen molar-refractivity contribution in [2.45, 2.75) is 17.9 Å². The number of aryl methyl sites for hydroxylation is 1. The molecule has 2 aromatic carbocycles. The van der Waals surface area contributed by atoms with Crippen LogP contribution >= 0.6 is 11.8 Å². The van der Waals surface area contributed by atoms with Gasteiger partial charge < -0.3 is 5.73 Å². The minimum Gasteiger partial charge on any atom is -0.320 e. The second-order valence-corrected chi connectivity index (χ2v) is 5.13. The molecule has 1 unspecified atom stereocenters. The lowest BCUT2D eigenvalue weighted by molar-refractivity contribution is 0.622. The second-order valence-electron chi connectivity index (χ2n) is 4.25. The highest BCUT2D eigenvalue weighted by molar-refractivity contribution is 7.98. The van der Waals surface area contributed by atoms with Crippen molar-refractivity contribution in [1.29, 1.82) is 0 Å². The molecule has 2 aromatic rings. The van der Waals surface area contributed by atoms with E-state index >= 15 is 0 Å². The van der Waals surface area contributed by atoms with Gasteiger partial charge in [0.25, 0.3) is 0 Å². The van der Waals surface area contributed by atoms with Gasteiger partial charge in [-0.3, -0.25) is 0 Å². The van der Waals surface area contributed by atoms with Gasteiger partial charge in [-0.25, -0.2) is 4.39 Å². The van der Waals surface area contributed by atoms with Crippen LogP contribution in [0.25, 0.3) is 0 Å². The number of halogens is 1. The van der Waals surface area contributed by atoms with E-state index in [9.17, 15) is 4.39 Å². The van der Waals surface area contributed by atoms with E-state index in [2.05, 4.69) is 0 Å². The van der Waals surface area contributed by atoms with Gasteiger partial charge in [0.2, 0.25) is 0 Å². The number of hydrogen-bond donors (Lipinski definition) is 1. The van der Waals surface area contributed by atoms with Crippen molar-refractivity contribution in [2.24, 2.45) is 5.73 Å². The first-order valence-electron chi connectivity index (χ1n) is 5.77. The highest BCUT2D eigenvalue weighted by Gasteiger charge is 2.12. The summed E-state index contributed by atoms with van der Waals surface area (Å²) in [5.74, 6) is -0.244. The zero-order chi connectivity index (χ0) is 13.1. The Morgan fingerprint density at radius 1 is 1.11 bits per heavy atom. The van der Waals surface area contributed by atoms with E-state index < -0.39 is 0 Å². The number of rotatable bonds is 3. The lowest BCUT2D eigenvalue weighted by Crippen LogP contribution is -2.13. The van der Waals surface area contributed by atoms with E-state index in [-0.39, 0.29) is 11.9 Å². The van der Waals surface area contributed by atoms with E-state index in [1.807, 2.05) is 37.4 Å². The maximum atomic E-state index is 13.3. The normalized spacial score (nSPS) is 12.4. The van der Waals surface area contributed by atoms with Gasteiger partial charge in [0.05, 0.1) is 6.04 Å². The maximum absolute atomic E-state index is 13.3. The smallest absolute Gasteiger partial charge is 0.123 e. The fourth-order valence-electron chi connectivity index (χ4n) is 1.94. The summed E-state index contributed by atoms with van der Waals surface area (Å²) in [5, 5.41) is 0. The van der Waals surface area contributed by atoms with E-state index in [1.54, 1.807) is 17.8 Å². The molecule has 1 atom stereocenters. The summed E-state index contributed by atoms with van der Waals surface area (Å²) in [6, 6.07) is 12.5. The molecule has 18 heavy (non-hydrogen) atoms. The molecule has 2 N–H and O–H groups in total. The molecule has 1 nitrogen and oxygen atoms in total. The molecule has 0 amide bonds. The van der Waals surface area contributed by atoms with Gasteiger partial charge in [-0.1, -0.05) is 18.2 Å². The van der Waals surface area contributed by atoms with Crippen molar-refractivity contribution >= 4 is 11.8 Å². The molecule has 0 spiro atoms. The Labute approximate surface area is 111 Å². The molecule has 0 saturated heterocycles. The molecule has 0 saturated carbocycles. The van der Waals surface area contributed by atoms with Crippen molar-refractivity contribution in [2.75, 3.05) is 6.26 Å². The van der Waals surface area contributed by atoms with Crippen LogP contribution in [0, 0.1) is 12.7 Å². The summed E-state index contributed by atoms with van der Waals surface area (Å²) >= 11 is 1.69. The van der Waals surface area contributed by atoms with E-state index in [0.29, 0.717) is 0 Å². The summed E-state index contributed by atoms with van der Waals surface area (Å²) in [7, 11) is 0. The third kappa shape index (κ3) is 2.74. The van der Waals surface area contributed by atoms with Gasteiger partial charge in [-0.05, 0) is 54.1 Å². The van der Waals surface area contributed by atoms with E-state index in [0.717, 1.165) is 16.7 Å². The zero-order valence-electron chi connectivity index (χ0n) is 10.5. The summed E-state index contributed by atoms with van der Waals surface area (Å²) in [6.45, 7) is 1.95. The minimum atomic E-state index is -0.281. The van der Waals surface area contributed by atoms with Crippen molar-refractivity contribution in [1.82, 2.24) is 0 Å². The van der Waals surface area contributed by atoms with Gasteiger partial charge in [0, 0.05) is 4.90 Å². The molecule has 2 rings (SSSR count). The number of hydrogen-bond acceptors (Lipinski definition) is 2. The summed E-state index contributed by atoms with van der Waals surface area (Å²) in [4.78, 5) is 1.20. The van der Waals surface area contributed by atoms with Crippen LogP contribution in [-0.4, -0.2) is 6.26 Å². The van der Waals surface area contributed by atoms with Gasteiger partial charge in [0.1, 0.15) is 5.82 Å². The predicted octanol–water partition coefficient (Wildman–Crippen LogP) is 3.90. The number of nitrogens with two attached hydrogens (primary N) is 1. The Hall–Kier alpha value is -1.32. The summed E-state index contributed by atoms with van der Waals surface area (Å²) < 4.78 is 13.3. The lowest BCUT2D eigenvalue weighted by Gasteiger charge is -2.15. The molecule has 0 fully saturated rings. The van der Waals surface area contributed by atoms with Gasteiger partial charge >= 0.3 is 0 Å². The highest BCUT2D eigenvalue weighted by atomic mass is 32.2. The molecule has 94 valence electrons. The summed E-state index contributed by atoms with van der Waals surface area (Å²) in [6.07, 6.45) is 2.03. The van der Waals surface area contributed by atoms with Crippen molar-refractivity contribution < 1.29 is 4.39 Å². The Kier molecular flexibility index (Phi) is 4.04. The Balaban J connectivity index is 2.34. The first-order valence-corrected chi connectivity index (χ1v) is 7.00. The molecule has 0 aliphatic rings. The van der Waals surface area contributed by atoms with Crippen LogP contribution in [0.2, 0.25) is 0 Å². The van der Waals surface area contributed by atoms with Crippen LogP contribution in [0.3, 0.4) is 0 Å². The average molecular weight is 261 g/mol. The zero-order valence-corrected chi connectivity index (χ0v) is 11.3. The van der Waals surface area contributed by atoms with Crippen LogP contribution in [0.15, 0.2) is 47.4 Å². The predicted molar refractivity (Wildman–Crippen MR) is 75.4 cm³/mol. The molecule has 0 radical (unpaired) electrons. The largest absolute Gasteiger partial charge is 0.320 e. The highest BCUT2D eigenvalue weighted by Crippen LogP contribution is 2.25. The first-order chi connectivity index (χ1) is 8.61. The van der Waals surface area contributed by atoms with Crippen LogP contribution < -0.4 is 5.73 Å². The van der Waals surface area contributed by atoms with Gasteiger partial charge in [0.15, 0.2) is 0 Å². The van der Waals surface area contributed by atoms with E-state index in [4.69, 9.17) is 5.73 Å². The van der Waals surface area contributed by atoms with Crippen molar-refractivity contribution in [3.63, 3.8) is 0 Å². The molecular weight excluding hydrogens is 245 g/mol. The molecule has 0 heterocycles.